The Kier molecular flexibility index (Phi) is 6.42. The largest absolute Gasteiger partial charge is 0.481 e. The number of ether oxygens (including phenoxy) is 1. The molecule has 1 atom stereocenters. The van der Waals surface area contributed by atoms with Gasteiger partial charge >= 0.3 is 0 Å². The fourth-order valence-corrected chi connectivity index (χ4v) is 2.62. The first-order valence-electron chi connectivity index (χ1n) is 8.70. The molecule has 0 bridgehead atoms. The van der Waals surface area contributed by atoms with Crippen LogP contribution in [0.25, 0.3) is 0 Å². The summed E-state index contributed by atoms with van der Waals surface area (Å²) in [5, 5.41) is 3.02. The monoisotopic (exact) mass is 325 g/mol. The zero-order valence-corrected chi connectivity index (χ0v) is 15.0. The molecule has 0 aliphatic carbocycles. The Morgan fingerprint density at radius 3 is 2.29 bits per heavy atom. The molecule has 0 heterocycles. The molecular weight excluding hydrogens is 298 g/mol. The molecule has 3 nitrogen and oxygen atoms in total. The van der Waals surface area contributed by atoms with Gasteiger partial charge in [0.2, 0.25) is 0 Å². The van der Waals surface area contributed by atoms with Crippen LogP contribution in [0.4, 0.5) is 5.69 Å². The molecule has 2 aromatic carbocycles. The third-order valence-electron chi connectivity index (χ3n) is 4.11. The van der Waals surface area contributed by atoms with Crippen molar-refractivity contribution < 1.29 is 9.53 Å². The zero-order valence-electron chi connectivity index (χ0n) is 15.0. The molecule has 0 aliphatic heterocycles. The minimum atomic E-state index is -0.502. The number of carbonyl (C=O) groups is 1. The summed E-state index contributed by atoms with van der Waals surface area (Å²) >= 11 is 0. The molecule has 0 saturated carbocycles. The summed E-state index contributed by atoms with van der Waals surface area (Å²) in [4.78, 5) is 12.6. The fourth-order valence-electron chi connectivity index (χ4n) is 2.62. The summed E-state index contributed by atoms with van der Waals surface area (Å²) in [6.45, 7) is 8.31. The molecule has 0 saturated heterocycles. The topological polar surface area (TPSA) is 38.3 Å². The van der Waals surface area contributed by atoms with Crippen LogP contribution in [-0.2, 0) is 11.2 Å². The van der Waals surface area contributed by atoms with Crippen molar-refractivity contribution in [2.45, 2.75) is 52.6 Å². The van der Waals surface area contributed by atoms with Gasteiger partial charge in [0.15, 0.2) is 6.10 Å². The van der Waals surface area contributed by atoms with E-state index in [1.807, 2.05) is 55.5 Å². The number of anilines is 1. The summed E-state index contributed by atoms with van der Waals surface area (Å²) < 4.78 is 5.89. The number of hydrogen-bond donors (Lipinski definition) is 1. The van der Waals surface area contributed by atoms with Crippen molar-refractivity contribution in [1.29, 1.82) is 0 Å². The lowest BCUT2D eigenvalue weighted by Crippen LogP contribution is -2.32. The van der Waals surface area contributed by atoms with Crippen LogP contribution in [-0.4, -0.2) is 12.0 Å². The maximum absolute atomic E-state index is 12.6. The first-order valence-corrected chi connectivity index (χ1v) is 8.70. The average Bonchev–Trinajstić information content (AvgIpc) is 2.60. The molecule has 128 valence electrons. The van der Waals surface area contributed by atoms with Gasteiger partial charge < -0.3 is 10.1 Å². The number of rotatable bonds is 7. The van der Waals surface area contributed by atoms with Crippen LogP contribution < -0.4 is 10.1 Å². The second-order valence-electron chi connectivity index (χ2n) is 6.24. The van der Waals surface area contributed by atoms with Crippen LogP contribution in [0, 0.1) is 0 Å². The maximum atomic E-state index is 12.6. The molecule has 0 aromatic heterocycles. The Hall–Kier alpha value is -2.29. The fraction of sp³-hybridized carbons (Fsp3) is 0.381. The highest BCUT2D eigenvalue weighted by Gasteiger charge is 2.20. The molecule has 0 unspecified atom stereocenters. The molecule has 0 spiro atoms. The van der Waals surface area contributed by atoms with Crippen molar-refractivity contribution in [3.8, 4) is 5.75 Å². The van der Waals surface area contributed by atoms with Crippen molar-refractivity contribution in [2.75, 3.05) is 5.32 Å². The van der Waals surface area contributed by atoms with Gasteiger partial charge in [-0.1, -0.05) is 58.0 Å². The van der Waals surface area contributed by atoms with E-state index in [2.05, 4.69) is 26.1 Å². The van der Waals surface area contributed by atoms with E-state index in [4.69, 9.17) is 4.74 Å². The zero-order chi connectivity index (χ0) is 17.5. The third kappa shape index (κ3) is 4.60. The van der Waals surface area contributed by atoms with Crippen molar-refractivity contribution in [1.82, 2.24) is 0 Å². The van der Waals surface area contributed by atoms with Gasteiger partial charge in [0.1, 0.15) is 5.75 Å². The number of aryl methyl sites for hydroxylation is 1. The number of nitrogens with one attached hydrogen (secondary N) is 1. The predicted molar refractivity (Wildman–Crippen MR) is 99.7 cm³/mol. The van der Waals surface area contributed by atoms with E-state index in [0.29, 0.717) is 12.3 Å². The lowest BCUT2D eigenvalue weighted by Gasteiger charge is -2.19. The summed E-state index contributed by atoms with van der Waals surface area (Å²) in [5.41, 5.74) is 3.25. The number of benzene rings is 2. The highest BCUT2D eigenvalue weighted by molar-refractivity contribution is 5.95. The number of para-hydroxylation sites is 1. The first kappa shape index (κ1) is 18.1. The molecule has 0 fully saturated rings. The Bertz CT molecular complexity index is 662. The molecule has 1 N–H and O–H groups in total. The van der Waals surface area contributed by atoms with Crippen LogP contribution in [0.15, 0.2) is 48.5 Å². The van der Waals surface area contributed by atoms with Crippen molar-refractivity contribution in [3.05, 3.63) is 59.7 Å². The van der Waals surface area contributed by atoms with Crippen molar-refractivity contribution in [2.24, 2.45) is 0 Å². The molecule has 3 heteroatoms. The van der Waals surface area contributed by atoms with E-state index in [9.17, 15) is 4.79 Å². The van der Waals surface area contributed by atoms with E-state index in [1.54, 1.807) is 0 Å². The average molecular weight is 325 g/mol. The van der Waals surface area contributed by atoms with Gasteiger partial charge in [0.05, 0.1) is 0 Å². The van der Waals surface area contributed by atoms with Crippen molar-refractivity contribution >= 4 is 11.6 Å². The van der Waals surface area contributed by atoms with Crippen LogP contribution in [0.1, 0.15) is 51.2 Å². The Labute approximate surface area is 145 Å². The normalized spacial score (nSPS) is 12.0. The number of carbonyl (C=O) groups excluding carboxylic acids is 1. The second-order valence-corrected chi connectivity index (χ2v) is 6.24. The molecule has 0 radical (unpaired) electrons. The van der Waals surface area contributed by atoms with E-state index in [-0.39, 0.29) is 5.91 Å². The van der Waals surface area contributed by atoms with Gasteiger partial charge in [0, 0.05) is 5.69 Å². The van der Waals surface area contributed by atoms with Gasteiger partial charge in [-0.25, -0.2) is 0 Å². The molecule has 2 aromatic rings. The predicted octanol–water partition coefficient (Wildman–Crippen LogP) is 5.17. The van der Waals surface area contributed by atoms with Crippen LogP contribution >= 0.6 is 0 Å². The quantitative estimate of drug-likeness (QED) is 0.763. The number of hydrogen-bond acceptors (Lipinski definition) is 2. The molecule has 0 aliphatic rings. The van der Waals surface area contributed by atoms with Crippen LogP contribution in [0.3, 0.4) is 0 Å². The molecule has 2 rings (SSSR count). The molecule has 24 heavy (non-hydrogen) atoms. The summed E-state index contributed by atoms with van der Waals surface area (Å²) in [7, 11) is 0. The highest BCUT2D eigenvalue weighted by Crippen LogP contribution is 2.24. The molecule has 1 amide bonds. The second kappa shape index (κ2) is 8.53. The standard InChI is InChI=1S/C21H27NO2/c1-5-16-11-13-17(14-12-16)24-20(6-2)21(23)22-19-10-8-7-9-18(19)15(3)4/h7-15,20H,5-6H2,1-4H3,(H,22,23)/t20-/m1/s1. The van der Waals surface area contributed by atoms with E-state index < -0.39 is 6.10 Å². The first-order chi connectivity index (χ1) is 11.5. The van der Waals surface area contributed by atoms with Gasteiger partial charge in [-0.2, -0.15) is 0 Å². The number of amides is 1. The van der Waals surface area contributed by atoms with E-state index in [0.717, 1.165) is 23.4 Å². The molecular formula is C21H27NO2. The minimum Gasteiger partial charge on any atom is -0.481 e. The lowest BCUT2D eigenvalue weighted by molar-refractivity contribution is -0.122. The SMILES string of the molecule is CCc1ccc(O[C@H](CC)C(=O)Nc2ccccc2C(C)C)cc1. The van der Waals surface area contributed by atoms with Gasteiger partial charge in [0.25, 0.3) is 5.91 Å². The van der Waals surface area contributed by atoms with Crippen LogP contribution in [0.2, 0.25) is 0 Å². The van der Waals surface area contributed by atoms with Gasteiger partial charge in [-0.05, 0) is 48.1 Å². The third-order valence-corrected chi connectivity index (χ3v) is 4.11. The van der Waals surface area contributed by atoms with Gasteiger partial charge in [-0.15, -0.1) is 0 Å². The maximum Gasteiger partial charge on any atom is 0.265 e. The Balaban J connectivity index is 2.08. The summed E-state index contributed by atoms with van der Waals surface area (Å²) in [6.07, 6.45) is 1.10. The van der Waals surface area contributed by atoms with Crippen LogP contribution in [0.5, 0.6) is 5.75 Å². The van der Waals surface area contributed by atoms with Gasteiger partial charge in [-0.3, -0.25) is 4.79 Å². The smallest absolute Gasteiger partial charge is 0.265 e. The minimum absolute atomic E-state index is 0.106. The Morgan fingerprint density at radius 1 is 1.04 bits per heavy atom. The highest BCUT2D eigenvalue weighted by atomic mass is 16.5. The van der Waals surface area contributed by atoms with E-state index in [1.165, 1.54) is 5.56 Å². The lowest BCUT2D eigenvalue weighted by atomic mass is 10.0. The Morgan fingerprint density at radius 2 is 1.71 bits per heavy atom. The van der Waals surface area contributed by atoms with E-state index >= 15 is 0 Å². The summed E-state index contributed by atoms with van der Waals surface area (Å²) in [6, 6.07) is 15.8. The summed E-state index contributed by atoms with van der Waals surface area (Å²) in [5.74, 6) is 0.973. The van der Waals surface area contributed by atoms with Crippen molar-refractivity contribution in [3.63, 3.8) is 0 Å².